The molecule has 4 rings (SSSR count). The molecule has 1 heteroatoms. The normalized spacial score (nSPS) is 13.4. The number of rotatable bonds is 2. The first-order valence-corrected chi connectivity index (χ1v) is 10.2. The summed E-state index contributed by atoms with van der Waals surface area (Å²) in [5.74, 6) is 0. The maximum atomic E-state index is 2.41. The summed E-state index contributed by atoms with van der Waals surface area (Å²) in [7, 11) is 0. The topological polar surface area (TPSA) is 0 Å². The van der Waals surface area contributed by atoms with Gasteiger partial charge in [-0.15, -0.1) is 0 Å². The fraction of sp³-hybridized carbons (Fsp3) is 0.333. The van der Waals surface area contributed by atoms with Gasteiger partial charge in [0.25, 0.3) is 0 Å². The van der Waals surface area contributed by atoms with E-state index in [9.17, 15) is 0 Å². The second-order valence-corrected chi connectivity index (χ2v) is 10.0. The maximum absolute atomic E-state index is 2.41. The van der Waals surface area contributed by atoms with Crippen molar-refractivity contribution in [3.8, 4) is 0 Å². The first-order chi connectivity index (χ1) is 11.7. The summed E-state index contributed by atoms with van der Waals surface area (Å²) in [6.45, 7) is 11.6. The van der Waals surface area contributed by atoms with Crippen molar-refractivity contribution in [3.05, 3.63) is 59.7 Å². The molecule has 4 aromatic carbocycles. The van der Waals surface area contributed by atoms with Gasteiger partial charge in [0, 0.05) is 4.75 Å². The molecule has 0 heterocycles. The van der Waals surface area contributed by atoms with Crippen LogP contribution in [0.5, 0.6) is 0 Å². The average Bonchev–Trinajstić information content (AvgIpc) is 2.58. The van der Waals surface area contributed by atoms with Crippen LogP contribution in [0.1, 0.15) is 45.7 Å². The van der Waals surface area contributed by atoms with Crippen molar-refractivity contribution < 1.29 is 0 Å². The predicted octanol–water partition coefficient (Wildman–Crippen LogP) is 7.48. The van der Waals surface area contributed by atoms with E-state index < -0.39 is 0 Å². The summed E-state index contributed by atoms with van der Waals surface area (Å²) in [6.07, 6.45) is 2.21. The van der Waals surface area contributed by atoms with Gasteiger partial charge in [-0.3, -0.25) is 0 Å². The molecule has 0 atom stereocenters. The summed E-state index contributed by atoms with van der Waals surface area (Å²) in [6, 6.07) is 18.4. The van der Waals surface area contributed by atoms with E-state index in [0.717, 1.165) is 0 Å². The van der Waals surface area contributed by atoms with Crippen molar-refractivity contribution in [2.24, 2.45) is 0 Å². The number of benzene rings is 4. The molecule has 0 fully saturated rings. The van der Waals surface area contributed by atoms with Crippen LogP contribution in [0.3, 0.4) is 0 Å². The quantitative estimate of drug-likeness (QED) is 0.339. The van der Waals surface area contributed by atoms with Crippen LogP contribution in [0.15, 0.2) is 48.5 Å². The molecule has 0 saturated carbocycles. The van der Waals surface area contributed by atoms with Crippen molar-refractivity contribution in [1.29, 1.82) is 0 Å². The van der Waals surface area contributed by atoms with Gasteiger partial charge in [-0.2, -0.15) is 11.8 Å². The lowest BCUT2D eigenvalue weighted by Gasteiger charge is -2.28. The van der Waals surface area contributed by atoms with Gasteiger partial charge in [0.2, 0.25) is 0 Å². The van der Waals surface area contributed by atoms with Crippen LogP contribution >= 0.6 is 11.8 Å². The molecule has 0 N–H and O–H groups in total. The molecule has 0 aliphatic carbocycles. The fourth-order valence-electron chi connectivity index (χ4n) is 4.08. The minimum Gasteiger partial charge on any atom is -0.154 e. The molecule has 0 saturated heterocycles. The lowest BCUT2D eigenvalue weighted by Crippen LogP contribution is -2.14. The number of hydrogen-bond donors (Lipinski definition) is 0. The summed E-state index contributed by atoms with van der Waals surface area (Å²) in [5, 5.41) is 8.40. The Morgan fingerprint density at radius 1 is 0.680 bits per heavy atom. The van der Waals surface area contributed by atoms with Crippen LogP contribution in [-0.4, -0.2) is 6.26 Å². The molecule has 0 amide bonds. The molecule has 0 spiro atoms. The summed E-state index contributed by atoms with van der Waals surface area (Å²) >= 11 is 1.92. The highest BCUT2D eigenvalue weighted by atomic mass is 32.2. The number of thioether (sulfide) groups is 1. The Balaban J connectivity index is 2.31. The molecule has 0 aliphatic rings. The molecular weight excluding hydrogens is 320 g/mol. The van der Waals surface area contributed by atoms with Gasteiger partial charge in [-0.05, 0) is 81.1 Å². The molecule has 0 bridgehead atoms. The molecule has 128 valence electrons. The van der Waals surface area contributed by atoms with E-state index in [1.54, 1.807) is 0 Å². The van der Waals surface area contributed by atoms with Gasteiger partial charge in [0.05, 0.1) is 0 Å². The maximum Gasteiger partial charge on any atom is 0.0355 e. The zero-order valence-corrected chi connectivity index (χ0v) is 16.8. The van der Waals surface area contributed by atoms with Crippen LogP contribution in [0.2, 0.25) is 0 Å². The molecule has 0 aromatic heterocycles. The first kappa shape index (κ1) is 16.7. The Kier molecular flexibility index (Phi) is 3.60. The van der Waals surface area contributed by atoms with E-state index in [0.29, 0.717) is 0 Å². The van der Waals surface area contributed by atoms with Crippen LogP contribution in [0.4, 0.5) is 0 Å². The van der Waals surface area contributed by atoms with Crippen LogP contribution in [-0.2, 0) is 10.2 Å². The van der Waals surface area contributed by atoms with Crippen molar-refractivity contribution in [2.75, 3.05) is 6.26 Å². The van der Waals surface area contributed by atoms with Gasteiger partial charge < -0.3 is 0 Å². The van der Waals surface area contributed by atoms with Crippen LogP contribution in [0.25, 0.3) is 32.3 Å². The molecule has 0 aliphatic heterocycles. The largest absolute Gasteiger partial charge is 0.154 e. The number of hydrogen-bond acceptors (Lipinski definition) is 1. The zero-order chi connectivity index (χ0) is 18.0. The van der Waals surface area contributed by atoms with Gasteiger partial charge >= 0.3 is 0 Å². The van der Waals surface area contributed by atoms with Gasteiger partial charge in [-0.1, -0.05) is 57.2 Å². The van der Waals surface area contributed by atoms with E-state index in [4.69, 9.17) is 0 Å². The van der Waals surface area contributed by atoms with Crippen molar-refractivity contribution in [1.82, 2.24) is 0 Å². The highest BCUT2D eigenvalue weighted by molar-refractivity contribution is 7.99. The molecule has 4 aromatic rings. The SMILES string of the molecule is CSC(C)(C)c1cc2cccc3cc(C(C)(C)C)c4cccc1c4c32. The van der Waals surface area contributed by atoms with E-state index in [1.165, 1.54) is 43.4 Å². The van der Waals surface area contributed by atoms with Crippen molar-refractivity contribution >= 4 is 44.1 Å². The molecule has 0 radical (unpaired) electrons. The Labute approximate surface area is 154 Å². The van der Waals surface area contributed by atoms with Crippen LogP contribution < -0.4 is 0 Å². The second-order valence-electron chi connectivity index (χ2n) is 8.62. The zero-order valence-electron chi connectivity index (χ0n) is 16.0. The third kappa shape index (κ3) is 2.44. The third-order valence-electron chi connectivity index (χ3n) is 5.59. The molecule has 0 nitrogen and oxygen atoms in total. The summed E-state index contributed by atoms with van der Waals surface area (Å²) < 4.78 is 0.0892. The molecule has 25 heavy (non-hydrogen) atoms. The first-order valence-electron chi connectivity index (χ1n) is 9.01. The Bertz CT molecular complexity index is 1080. The summed E-state index contributed by atoms with van der Waals surface area (Å²) in [5.41, 5.74) is 3.01. The Hall–Kier alpha value is -1.73. The lowest BCUT2D eigenvalue weighted by atomic mass is 9.79. The summed E-state index contributed by atoms with van der Waals surface area (Å²) in [4.78, 5) is 0. The monoisotopic (exact) mass is 346 g/mol. The molecule has 0 unspecified atom stereocenters. The van der Waals surface area contributed by atoms with Gasteiger partial charge in [0.1, 0.15) is 0 Å². The van der Waals surface area contributed by atoms with Crippen LogP contribution in [0, 0.1) is 0 Å². The predicted molar refractivity (Wildman–Crippen MR) is 115 cm³/mol. The fourth-order valence-corrected chi connectivity index (χ4v) is 4.47. The van der Waals surface area contributed by atoms with E-state index >= 15 is 0 Å². The van der Waals surface area contributed by atoms with E-state index in [2.05, 4.69) is 89.4 Å². The minimum atomic E-state index is 0.0892. The van der Waals surface area contributed by atoms with Gasteiger partial charge in [-0.25, -0.2) is 0 Å². The third-order valence-corrected chi connectivity index (χ3v) is 6.83. The second kappa shape index (κ2) is 5.38. The highest BCUT2D eigenvalue weighted by Gasteiger charge is 2.26. The van der Waals surface area contributed by atoms with Crippen molar-refractivity contribution in [2.45, 2.75) is 44.8 Å². The smallest absolute Gasteiger partial charge is 0.0355 e. The Morgan fingerprint density at radius 3 is 1.76 bits per heavy atom. The highest BCUT2D eigenvalue weighted by Crippen LogP contribution is 2.46. The molecular formula is C24H26S. The average molecular weight is 347 g/mol. The standard InChI is InChI=1S/C24H26S/c1-23(2,3)19-13-15-9-7-10-16-14-20(24(4,5)25-6)18-12-8-11-17(19)22(18)21(15)16/h7-14H,1-6H3. The van der Waals surface area contributed by atoms with E-state index in [-0.39, 0.29) is 10.2 Å². The van der Waals surface area contributed by atoms with E-state index in [1.807, 2.05) is 11.8 Å². The van der Waals surface area contributed by atoms with Crippen molar-refractivity contribution in [3.63, 3.8) is 0 Å². The minimum absolute atomic E-state index is 0.0892. The Morgan fingerprint density at radius 2 is 1.20 bits per heavy atom. The van der Waals surface area contributed by atoms with Gasteiger partial charge in [0.15, 0.2) is 0 Å². The lowest BCUT2D eigenvalue weighted by molar-refractivity contribution is 0.596.